The number of anilines is 2. The molecule has 0 fully saturated rings. The van der Waals surface area contributed by atoms with Gasteiger partial charge in [-0.2, -0.15) is 0 Å². The lowest BCUT2D eigenvalue weighted by Gasteiger charge is -2.47. The maximum atomic E-state index is 2.67. The quantitative estimate of drug-likeness (QED) is 0.173. The van der Waals surface area contributed by atoms with Gasteiger partial charge in [-0.3, -0.25) is 0 Å². The van der Waals surface area contributed by atoms with Gasteiger partial charge in [-0.15, -0.1) is 0 Å². The van der Waals surface area contributed by atoms with Crippen LogP contribution in [0, 0.1) is 0 Å². The third kappa shape index (κ3) is 3.70. The van der Waals surface area contributed by atoms with Gasteiger partial charge in [0.05, 0.1) is 26.7 Å². The molecule has 2 aliphatic heterocycles. The van der Waals surface area contributed by atoms with Crippen molar-refractivity contribution in [3.8, 4) is 22.3 Å². The molecule has 6 aromatic rings. The number of benzene rings is 6. The van der Waals surface area contributed by atoms with Crippen LogP contribution in [0.1, 0.15) is 59.2 Å². The van der Waals surface area contributed by atoms with Crippen molar-refractivity contribution in [1.29, 1.82) is 0 Å². The predicted molar refractivity (Wildman–Crippen MR) is 209 cm³/mol. The minimum Gasteiger partial charge on any atom is -0.332 e. The Bertz CT molecular complexity index is 2410. The molecule has 0 saturated carbocycles. The van der Waals surface area contributed by atoms with Gasteiger partial charge < -0.3 is 4.90 Å². The first-order chi connectivity index (χ1) is 24.0. The van der Waals surface area contributed by atoms with Gasteiger partial charge in [0.2, 0.25) is 0 Å². The van der Waals surface area contributed by atoms with Crippen LogP contribution in [0.15, 0.2) is 152 Å². The molecule has 0 N–H and O–H groups in total. The smallest absolute Gasteiger partial charge is 0.0741 e. The maximum Gasteiger partial charge on any atom is 0.0741 e. The van der Waals surface area contributed by atoms with E-state index in [4.69, 9.17) is 0 Å². The first-order valence-corrected chi connectivity index (χ1v) is 20.0. The molecule has 0 radical (unpaired) electrons. The molecule has 2 heterocycles. The molecule has 0 spiro atoms. The van der Waals surface area contributed by atoms with Gasteiger partial charge in [-0.25, -0.2) is 0 Å². The number of nitrogens with zero attached hydrogens (tertiary/aromatic N) is 1. The summed E-state index contributed by atoms with van der Waals surface area (Å²) in [6.07, 6.45) is 7.97. The third-order valence-corrected chi connectivity index (χ3v) is 13.4. The Labute approximate surface area is 292 Å². The number of rotatable bonds is 4. The highest BCUT2D eigenvalue weighted by Gasteiger charge is 2.51. The molecular weight excluding hydrogens is 607 g/mol. The summed E-state index contributed by atoms with van der Waals surface area (Å²) < 4.78 is 0. The molecule has 1 nitrogen and oxygen atoms in total. The zero-order valence-corrected chi connectivity index (χ0v) is 29.8. The summed E-state index contributed by atoms with van der Waals surface area (Å²) in [7, 11) is -0.500. The van der Waals surface area contributed by atoms with Gasteiger partial charge in [-0.1, -0.05) is 165 Å². The van der Waals surface area contributed by atoms with Crippen molar-refractivity contribution in [1.82, 2.24) is 0 Å². The highest BCUT2D eigenvalue weighted by molar-refractivity contribution is 6.52. The van der Waals surface area contributed by atoms with E-state index in [1.807, 2.05) is 0 Å². The van der Waals surface area contributed by atoms with Crippen LogP contribution < -0.4 is 10.1 Å². The number of hydrogen-bond donors (Lipinski definition) is 0. The normalized spacial score (nSPS) is 20.4. The van der Waals surface area contributed by atoms with Crippen molar-refractivity contribution in [2.75, 3.05) is 4.90 Å². The second-order valence-corrected chi connectivity index (χ2v) is 16.1. The van der Waals surface area contributed by atoms with Crippen molar-refractivity contribution in [3.05, 3.63) is 191 Å². The minimum absolute atomic E-state index is 0.0395. The van der Waals surface area contributed by atoms with Crippen molar-refractivity contribution >= 4 is 31.7 Å². The van der Waals surface area contributed by atoms with Crippen LogP contribution in [0.2, 0.25) is 6.55 Å². The number of hydrogen-bond acceptors (Lipinski definition) is 1. The fraction of sp³-hybridized carbons (Fsp3) is 0.149. The van der Waals surface area contributed by atoms with Gasteiger partial charge in [0.15, 0.2) is 0 Å². The fourth-order valence-corrected chi connectivity index (χ4v) is 11.1. The Balaban J connectivity index is 1.31. The number of fused-ring (bicyclic) bond motifs is 8. The Kier molecular flexibility index (Phi) is 6.12. The number of para-hydroxylation sites is 2. The summed E-state index contributed by atoms with van der Waals surface area (Å²) in [5, 5.41) is 1.53. The first kappa shape index (κ1) is 28.8. The largest absolute Gasteiger partial charge is 0.332 e. The van der Waals surface area contributed by atoms with Crippen LogP contribution in [0.3, 0.4) is 0 Å². The molecule has 0 saturated heterocycles. The second kappa shape index (κ2) is 10.4. The molecule has 236 valence electrons. The second-order valence-electron chi connectivity index (χ2n) is 14.6. The Hall–Kier alpha value is -5.18. The lowest BCUT2D eigenvalue weighted by Crippen LogP contribution is -2.43. The van der Waals surface area contributed by atoms with Gasteiger partial charge in [0.25, 0.3) is 0 Å². The molecule has 0 bridgehead atoms. The molecular formula is C47H39NSi. The van der Waals surface area contributed by atoms with E-state index in [1.54, 1.807) is 0 Å². The van der Waals surface area contributed by atoms with Crippen molar-refractivity contribution in [2.24, 2.45) is 0 Å². The van der Waals surface area contributed by atoms with E-state index in [2.05, 4.69) is 177 Å². The van der Waals surface area contributed by atoms with Crippen LogP contribution in [-0.4, -0.2) is 15.6 Å². The molecule has 10 rings (SSSR count). The van der Waals surface area contributed by atoms with Crippen LogP contribution >= 0.6 is 0 Å². The predicted octanol–water partition coefficient (Wildman–Crippen LogP) is 10.1. The SMILES string of the molecule is C[SiH2]c1ccccc1C1(c2cccc(-c3cccc4c3-c3ccccc3C4(C)C)c2)c2ccccc2N2c3c(cccc31)C1=CC=CCC12. The molecule has 2 unspecified atom stereocenters. The zero-order valence-electron chi connectivity index (χ0n) is 28.4. The highest BCUT2D eigenvalue weighted by Crippen LogP contribution is 2.62. The summed E-state index contributed by atoms with van der Waals surface area (Å²) in [5.74, 6) is 0. The standard InChI is InChI=1S/C47H39NSi/c1-46(2)36-21-6-4-18-35(36)44-32(19-13-24-39(44)46)30-15-12-16-31(29-30)47(38-23-8-11-28-43(38)49-3)37-22-7-10-27-42(37)48-41-26-9-5-17-33(41)34-20-14-25-40(47)45(34)48/h4-25,27-29,41H,26,49H2,1-3H3. The lowest BCUT2D eigenvalue weighted by molar-refractivity contribution is 0.660. The van der Waals surface area contributed by atoms with E-state index in [0.29, 0.717) is 6.04 Å². The summed E-state index contributed by atoms with van der Waals surface area (Å²) >= 11 is 0. The Morgan fingerprint density at radius 2 is 1.31 bits per heavy atom. The molecule has 4 aliphatic rings. The van der Waals surface area contributed by atoms with Crippen molar-refractivity contribution in [3.63, 3.8) is 0 Å². The van der Waals surface area contributed by atoms with E-state index in [1.165, 1.54) is 83.3 Å². The van der Waals surface area contributed by atoms with Crippen molar-refractivity contribution in [2.45, 2.75) is 43.7 Å². The summed E-state index contributed by atoms with van der Waals surface area (Å²) in [6.45, 7) is 7.19. The first-order valence-electron chi connectivity index (χ1n) is 17.9. The van der Waals surface area contributed by atoms with E-state index >= 15 is 0 Å². The fourth-order valence-electron chi connectivity index (χ4n) is 9.93. The molecule has 2 aliphatic carbocycles. The molecule has 2 heteroatoms. The van der Waals surface area contributed by atoms with E-state index in [9.17, 15) is 0 Å². The highest BCUT2D eigenvalue weighted by atomic mass is 28.2. The number of allylic oxidation sites excluding steroid dienone is 2. The van der Waals surface area contributed by atoms with Crippen LogP contribution in [0.5, 0.6) is 0 Å². The molecule has 2 atom stereocenters. The van der Waals surface area contributed by atoms with Gasteiger partial charge in [0.1, 0.15) is 0 Å². The lowest BCUT2D eigenvalue weighted by atomic mass is 9.62. The maximum absolute atomic E-state index is 2.67. The summed E-state index contributed by atoms with van der Waals surface area (Å²) in [4.78, 5) is 2.67. The monoisotopic (exact) mass is 645 g/mol. The van der Waals surface area contributed by atoms with Crippen LogP contribution in [0.25, 0.3) is 27.8 Å². The summed E-state index contributed by atoms with van der Waals surface area (Å²) in [5.41, 5.74) is 18.8. The van der Waals surface area contributed by atoms with Crippen LogP contribution in [0.4, 0.5) is 11.4 Å². The zero-order chi connectivity index (χ0) is 32.9. The molecule has 0 amide bonds. The minimum atomic E-state index is -0.500. The van der Waals surface area contributed by atoms with E-state index < -0.39 is 14.9 Å². The average molecular weight is 646 g/mol. The summed E-state index contributed by atoms with van der Waals surface area (Å²) in [6, 6.07) is 51.6. The molecule has 49 heavy (non-hydrogen) atoms. The average Bonchev–Trinajstić information content (AvgIpc) is 3.62. The van der Waals surface area contributed by atoms with Crippen LogP contribution in [-0.2, 0) is 10.8 Å². The topological polar surface area (TPSA) is 3.24 Å². The van der Waals surface area contributed by atoms with Gasteiger partial charge >= 0.3 is 0 Å². The van der Waals surface area contributed by atoms with E-state index in [-0.39, 0.29) is 5.41 Å². The van der Waals surface area contributed by atoms with Gasteiger partial charge in [-0.05, 0) is 79.8 Å². The van der Waals surface area contributed by atoms with E-state index in [0.717, 1.165) is 6.42 Å². The van der Waals surface area contributed by atoms with Gasteiger partial charge in [0, 0.05) is 16.7 Å². The van der Waals surface area contributed by atoms with Crippen molar-refractivity contribution < 1.29 is 0 Å². The third-order valence-electron chi connectivity index (χ3n) is 12.0. The molecule has 0 aromatic heterocycles. The Morgan fingerprint density at radius 1 is 0.633 bits per heavy atom. The Morgan fingerprint density at radius 3 is 2.16 bits per heavy atom. The molecule has 6 aromatic carbocycles.